The molecule has 0 saturated carbocycles. The molecule has 1 atom stereocenters. The molecule has 7 nitrogen and oxygen atoms in total. The molecule has 3 fully saturated rings. The van der Waals surface area contributed by atoms with Crippen molar-refractivity contribution in [1.29, 1.82) is 0 Å². The van der Waals surface area contributed by atoms with E-state index < -0.39 is 9.84 Å². The molecular weight excluding hydrogens is 378 g/mol. The lowest BCUT2D eigenvalue weighted by Gasteiger charge is -2.37. The predicted octanol–water partition coefficient (Wildman–Crippen LogP) is 0.687. The molecule has 0 aromatic heterocycles. The van der Waals surface area contributed by atoms with E-state index in [2.05, 4.69) is 4.90 Å². The lowest BCUT2D eigenvalue weighted by atomic mass is 10.1. The minimum atomic E-state index is -2.88. The number of piperazine rings is 1. The fraction of sp³-hybridized carbons (Fsp3) is 0.600. The van der Waals surface area contributed by atoms with E-state index in [0.717, 1.165) is 37.3 Å². The first-order valence-electron chi connectivity index (χ1n) is 10.0. The number of hydrogen-bond donors (Lipinski definition) is 0. The fourth-order valence-corrected chi connectivity index (χ4v) is 6.16. The number of anilines is 1. The first-order chi connectivity index (χ1) is 13.4. The highest BCUT2D eigenvalue weighted by Gasteiger charge is 2.34. The molecule has 3 heterocycles. The molecule has 28 heavy (non-hydrogen) atoms. The lowest BCUT2D eigenvalue weighted by Crippen LogP contribution is -2.52. The van der Waals surface area contributed by atoms with Gasteiger partial charge in [-0.2, -0.15) is 0 Å². The zero-order valence-electron chi connectivity index (χ0n) is 16.0. The molecule has 0 unspecified atom stereocenters. The molecule has 8 heteroatoms. The second-order valence-electron chi connectivity index (χ2n) is 7.97. The molecule has 0 spiro atoms. The highest BCUT2D eigenvalue weighted by Crippen LogP contribution is 2.22. The minimum Gasteiger partial charge on any atom is -0.340 e. The van der Waals surface area contributed by atoms with E-state index in [-0.39, 0.29) is 29.4 Å². The van der Waals surface area contributed by atoms with Gasteiger partial charge in [0.05, 0.1) is 17.9 Å². The van der Waals surface area contributed by atoms with Crippen molar-refractivity contribution < 1.29 is 18.0 Å². The molecule has 4 rings (SSSR count). The van der Waals surface area contributed by atoms with Gasteiger partial charge >= 0.3 is 0 Å². The summed E-state index contributed by atoms with van der Waals surface area (Å²) >= 11 is 0. The minimum absolute atomic E-state index is 0.101. The van der Waals surface area contributed by atoms with Crippen LogP contribution in [-0.4, -0.2) is 80.3 Å². The summed E-state index contributed by atoms with van der Waals surface area (Å²) in [5.74, 6) is 0.809. The monoisotopic (exact) mass is 405 g/mol. The largest absolute Gasteiger partial charge is 0.340 e. The predicted molar refractivity (Wildman–Crippen MR) is 107 cm³/mol. The Kier molecular flexibility index (Phi) is 5.42. The molecule has 152 valence electrons. The van der Waals surface area contributed by atoms with Crippen LogP contribution < -0.4 is 4.90 Å². The standard InChI is InChI=1S/C20H27N3O4S/c24-19-2-1-8-23(19)17-5-3-16(4-6-17)14-20(25)22-11-9-21(10-12-22)18-7-13-28(26,27)15-18/h3-6,18H,1-2,7-15H2/t18-/m1/s1. The van der Waals surface area contributed by atoms with Crippen LogP contribution in [0.4, 0.5) is 5.69 Å². The molecule has 2 amide bonds. The van der Waals surface area contributed by atoms with E-state index in [4.69, 9.17) is 0 Å². The van der Waals surface area contributed by atoms with E-state index in [1.54, 1.807) is 4.90 Å². The Labute approximate surface area is 166 Å². The van der Waals surface area contributed by atoms with E-state index in [1.165, 1.54) is 0 Å². The van der Waals surface area contributed by atoms with Gasteiger partial charge in [-0.05, 0) is 30.5 Å². The maximum atomic E-state index is 12.6. The first-order valence-corrected chi connectivity index (χ1v) is 11.8. The summed E-state index contributed by atoms with van der Waals surface area (Å²) in [6.45, 7) is 3.54. The number of sulfone groups is 1. The number of carbonyl (C=O) groups excluding carboxylic acids is 2. The van der Waals surface area contributed by atoms with Crippen molar-refractivity contribution in [2.75, 3.05) is 49.1 Å². The number of carbonyl (C=O) groups is 2. The van der Waals surface area contributed by atoms with Crippen LogP contribution in [0.2, 0.25) is 0 Å². The van der Waals surface area contributed by atoms with Gasteiger partial charge in [0.1, 0.15) is 0 Å². The normalized spacial score (nSPS) is 25.4. The number of benzene rings is 1. The average Bonchev–Trinajstić information content (AvgIpc) is 3.27. The second kappa shape index (κ2) is 7.83. The fourth-order valence-electron chi connectivity index (χ4n) is 4.40. The van der Waals surface area contributed by atoms with Crippen molar-refractivity contribution in [3.63, 3.8) is 0 Å². The lowest BCUT2D eigenvalue weighted by molar-refractivity contribution is -0.132. The van der Waals surface area contributed by atoms with Crippen LogP contribution in [0.25, 0.3) is 0 Å². The van der Waals surface area contributed by atoms with Crippen LogP contribution in [0.5, 0.6) is 0 Å². The van der Waals surface area contributed by atoms with Gasteiger partial charge in [-0.25, -0.2) is 8.42 Å². The number of rotatable bonds is 4. The quantitative estimate of drug-likeness (QED) is 0.737. The van der Waals surface area contributed by atoms with E-state index in [1.807, 2.05) is 29.2 Å². The highest BCUT2D eigenvalue weighted by molar-refractivity contribution is 7.91. The van der Waals surface area contributed by atoms with E-state index in [9.17, 15) is 18.0 Å². The average molecular weight is 406 g/mol. The van der Waals surface area contributed by atoms with Gasteiger partial charge in [-0.1, -0.05) is 12.1 Å². The van der Waals surface area contributed by atoms with Gasteiger partial charge in [-0.15, -0.1) is 0 Å². The zero-order chi connectivity index (χ0) is 19.7. The smallest absolute Gasteiger partial charge is 0.227 e. The third kappa shape index (κ3) is 4.22. The third-order valence-electron chi connectivity index (χ3n) is 6.07. The van der Waals surface area contributed by atoms with Crippen LogP contribution in [-0.2, 0) is 25.8 Å². The Balaban J connectivity index is 1.28. The number of hydrogen-bond acceptors (Lipinski definition) is 5. The van der Waals surface area contributed by atoms with Crippen LogP contribution >= 0.6 is 0 Å². The van der Waals surface area contributed by atoms with Crippen molar-refractivity contribution in [3.8, 4) is 0 Å². The summed E-state index contributed by atoms with van der Waals surface area (Å²) in [6, 6.07) is 7.81. The number of nitrogens with zero attached hydrogens (tertiary/aromatic N) is 3. The zero-order valence-corrected chi connectivity index (χ0v) is 16.9. The summed E-state index contributed by atoms with van der Waals surface area (Å²) < 4.78 is 23.3. The van der Waals surface area contributed by atoms with Crippen LogP contribution in [0.15, 0.2) is 24.3 Å². The van der Waals surface area contributed by atoms with Gasteiger partial charge < -0.3 is 9.80 Å². The summed E-state index contributed by atoms with van der Waals surface area (Å²) in [6.07, 6.45) is 2.57. The Hall–Kier alpha value is -1.93. The van der Waals surface area contributed by atoms with Crippen molar-refractivity contribution >= 4 is 27.3 Å². The Morgan fingerprint density at radius 1 is 1.04 bits per heavy atom. The second-order valence-corrected chi connectivity index (χ2v) is 10.2. The molecule has 0 N–H and O–H groups in total. The maximum Gasteiger partial charge on any atom is 0.227 e. The Bertz CT molecular complexity index is 845. The molecule has 0 bridgehead atoms. The van der Waals surface area contributed by atoms with Crippen molar-refractivity contribution in [3.05, 3.63) is 29.8 Å². The molecule has 3 aliphatic heterocycles. The van der Waals surface area contributed by atoms with Crippen LogP contribution in [0.3, 0.4) is 0 Å². The first kappa shape index (κ1) is 19.4. The van der Waals surface area contributed by atoms with Crippen LogP contribution in [0, 0.1) is 0 Å². The Morgan fingerprint density at radius 3 is 2.32 bits per heavy atom. The highest BCUT2D eigenvalue weighted by atomic mass is 32.2. The summed E-state index contributed by atoms with van der Waals surface area (Å²) in [7, 11) is -2.88. The van der Waals surface area contributed by atoms with Crippen molar-refractivity contribution in [2.24, 2.45) is 0 Å². The summed E-state index contributed by atoms with van der Waals surface area (Å²) in [4.78, 5) is 30.4. The topological polar surface area (TPSA) is 78.0 Å². The van der Waals surface area contributed by atoms with Gasteiger partial charge in [0.25, 0.3) is 0 Å². The Morgan fingerprint density at radius 2 is 1.75 bits per heavy atom. The SMILES string of the molecule is O=C(Cc1ccc(N2CCCC2=O)cc1)N1CCN([C@@H]2CCS(=O)(=O)C2)CC1. The number of amides is 2. The molecule has 3 aliphatic rings. The molecular formula is C20H27N3O4S. The molecule has 0 aliphatic carbocycles. The molecule has 0 radical (unpaired) electrons. The molecule has 1 aromatic rings. The third-order valence-corrected chi connectivity index (χ3v) is 7.82. The maximum absolute atomic E-state index is 12.6. The van der Waals surface area contributed by atoms with Gasteiger partial charge in [0.2, 0.25) is 11.8 Å². The van der Waals surface area contributed by atoms with Crippen LogP contribution in [0.1, 0.15) is 24.8 Å². The van der Waals surface area contributed by atoms with Gasteiger partial charge in [0, 0.05) is 50.9 Å². The van der Waals surface area contributed by atoms with Crippen molar-refractivity contribution in [2.45, 2.75) is 31.7 Å². The van der Waals surface area contributed by atoms with Gasteiger partial charge in [-0.3, -0.25) is 14.5 Å². The van der Waals surface area contributed by atoms with E-state index in [0.29, 0.717) is 32.4 Å². The van der Waals surface area contributed by atoms with Crippen molar-refractivity contribution in [1.82, 2.24) is 9.80 Å². The molecule has 3 saturated heterocycles. The van der Waals surface area contributed by atoms with Gasteiger partial charge in [0.15, 0.2) is 9.84 Å². The van der Waals surface area contributed by atoms with E-state index >= 15 is 0 Å². The summed E-state index contributed by atoms with van der Waals surface area (Å²) in [5, 5.41) is 0. The molecule has 1 aromatic carbocycles. The summed E-state index contributed by atoms with van der Waals surface area (Å²) in [5.41, 5.74) is 1.85.